The number of fused-ring (bicyclic) bond motifs is 1. The molecule has 2 aromatic carbocycles. The fourth-order valence-corrected chi connectivity index (χ4v) is 3.43. The van der Waals surface area contributed by atoms with Crippen molar-refractivity contribution in [3.63, 3.8) is 0 Å². The number of halogens is 2. The second kappa shape index (κ2) is 6.93. The first kappa shape index (κ1) is 16.8. The van der Waals surface area contributed by atoms with Gasteiger partial charge in [-0.15, -0.1) is 0 Å². The highest BCUT2D eigenvalue weighted by molar-refractivity contribution is 7.98. The molecular formula is C18H12ClFN4OS. The van der Waals surface area contributed by atoms with Gasteiger partial charge >= 0.3 is 5.69 Å². The second-order valence-electron chi connectivity index (χ2n) is 5.56. The van der Waals surface area contributed by atoms with Crippen LogP contribution in [-0.2, 0) is 5.75 Å². The highest BCUT2D eigenvalue weighted by Gasteiger charge is 2.12. The van der Waals surface area contributed by atoms with Crippen LogP contribution in [0.25, 0.3) is 16.8 Å². The Bertz CT molecular complexity index is 1120. The highest BCUT2D eigenvalue weighted by atomic mass is 35.5. The summed E-state index contributed by atoms with van der Waals surface area (Å²) < 4.78 is 14.2. The second-order valence-corrected chi connectivity index (χ2v) is 6.96. The van der Waals surface area contributed by atoms with Gasteiger partial charge in [-0.3, -0.25) is 4.98 Å². The Morgan fingerprint density at radius 2 is 1.85 bits per heavy atom. The smallest absolute Gasteiger partial charge is 0.285 e. The first-order valence-electron chi connectivity index (χ1n) is 7.71. The molecule has 0 bridgehead atoms. The molecule has 0 amide bonds. The number of aromatic amines is 1. The van der Waals surface area contributed by atoms with E-state index in [4.69, 9.17) is 11.6 Å². The molecule has 0 saturated carbocycles. The topological polar surface area (TPSA) is 63.0 Å². The van der Waals surface area contributed by atoms with Crippen LogP contribution in [0.15, 0.2) is 64.7 Å². The molecule has 0 atom stereocenters. The van der Waals surface area contributed by atoms with Crippen molar-refractivity contribution in [2.45, 2.75) is 10.9 Å². The zero-order valence-electron chi connectivity index (χ0n) is 13.3. The number of hydrogen-bond donors (Lipinski definition) is 1. The van der Waals surface area contributed by atoms with Gasteiger partial charge in [-0.25, -0.2) is 14.2 Å². The average Bonchev–Trinajstić information content (AvgIpc) is 3.06. The zero-order valence-corrected chi connectivity index (χ0v) is 14.9. The van der Waals surface area contributed by atoms with Gasteiger partial charge in [0.25, 0.3) is 0 Å². The van der Waals surface area contributed by atoms with Gasteiger partial charge in [-0.1, -0.05) is 47.6 Å². The molecule has 0 aliphatic carbocycles. The lowest BCUT2D eigenvalue weighted by Gasteiger charge is -2.03. The van der Waals surface area contributed by atoms with E-state index in [9.17, 15) is 9.18 Å². The molecule has 26 heavy (non-hydrogen) atoms. The number of nitrogens with zero attached hydrogens (tertiary/aromatic N) is 3. The molecule has 2 heterocycles. The Morgan fingerprint density at radius 3 is 2.58 bits per heavy atom. The maximum atomic E-state index is 13.0. The number of benzene rings is 2. The Morgan fingerprint density at radius 1 is 1.12 bits per heavy atom. The lowest BCUT2D eigenvalue weighted by molar-refractivity contribution is 0.627. The number of aromatic nitrogens is 4. The molecular weight excluding hydrogens is 375 g/mol. The fourth-order valence-electron chi connectivity index (χ4n) is 2.50. The van der Waals surface area contributed by atoms with Gasteiger partial charge in [0.05, 0.1) is 6.20 Å². The number of thioether (sulfide) groups is 1. The minimum absolute atomic E-state index is 0.279. The molecule has 0 unspecified atom stereocenters. The molecule has 2 aromatic heterocycles. The molecule has 130 valence electrons. The lowest BCUT2D eigenvalue weighted by Crippen LogP contribution is -2.19. The average molecular weight is 387 g/mol. The van der Waals surface area contributed by atoms with Crippen molar-refractivity contribution >= 4 is 29.0 Å². The van der Waals surface area contributed by atoms with Crippen molar-refractivity contribution in [1.29, 1.82) is 0 Å². The van der Waals surface area contributed by atoms with Crippen LogP contribution in [0.3, 0.4) is 0 Å². The standard InChI is InChI=1S/C18H12ClFN4OS/c19-13-5-3-12(4-6-13)15-9-21-24-16(15)22-17(23-18(24)25)26-10-11-1-7-14(20)8-2-11/h1-9H,10H2,(H,22,23,25). The van der Waals surface area contributed by atoms with Gasteiger partial charge in [0, 0.05) is 16.3 Å². The number of hydrogen-bond acceptors (Lipinski definition) is 4. The van der Waals surface area contributed by atoms with Crippen molar-refractivity contribution in [3.05, 3.63) is 81.6 Å². The normalized spacial score (nSPS) is 11.2. The molecule has 8 heteroatoms. The van der Waals surface area contributed by atoms with E-state index in [0.717, 1.165) is 16.7 Å². The highest BCUT2D eigenvalue weighted by Crippen LogP contribution is 2.26. The maximum Gasteiger partial charge on any atom is 0.350 e. The molecule has 1 N–H and O–H groups in total. The van der Waals surface area contributed by atoms with Gasteiger partial charge in [-0.05, 0) is 35.4 Å². The van der Waals surface area contributed by atoms with E-state index >= 15 is 0 Å². The predicted octanol–water partition coefficient (Wildman–Crippen LogP) is 4.17. The van der Waals surface area contributed by atoms with Crippen molar-refractivity contribution in [1.82, 2.24) is 19.6 Å². The van der Waals surface area contributed by atoms with Crippen molar-refractivity contribution < 1.29 is 4.39 Å². The van der Waals surface area contributed by atoms with Gasteiger partial charge < -0.3 is 0 Å². The molecule has 0 fully saturated rings. The van der Waals surface area contributed by atoms with Crippen LogP contribution in [0.1, 0.15) is 5.56 Å². The summed E-state index contributed by atoms with van der Waals surface area (Å²) in [5.41, 5.74) is 2.66. The van der Waals surface area contributed by atoms with E-state index in [-0.39, 0.29) is 11.5 Å². The quantitative estimate of drug-likeness (QED) is 0.535. The summed E-state index contributed by atoms with van der Waals surface area (Å²) in [4.78, 5) is 19.5. The van der Waals surface area contributed by atoms with Crippen LogP contribution < -0.4 is 5.69 Å². The maximum absolute atomic E-state index is 13.0. The minimum atomic E-state index is -0.364. The molecule has 0 spiro atoms. The van der Waals surface area contributed by atoms with E-state index < -0.39 is 0 Å². The Balaban J connectivity index is 1.68. The first-order chi connectivity index (χ1) is 12.6. The fraction of sp³-hybridized carbons (Fsp3) is 0.0556. The van der Waals surface area contributed by atoms with Crippen molar-refractivity contribution in [3.8, 4) is 11.1 Å². The van der Waals surface area contributed by atoms with Crippen LogP contribution >= 0.6 is 23.4 Å². The number of rotatable bonds is 4. The third-order valence-corrected chi connectivity index (χ3v) is 5.00. The Hall–Kier alpha value is -2.64. The van der Waals surface area contributed by atoms with E-state index in [1.165, 1.54) is 28.4 Å². The Labute approximate surface area is 156 Å². The van der Waals surface area contributed by atoms with Gasteiger partial charge in [0.2, 0.25) is 0 Å². The van der Waals surface area contributed by atoms with Crippen LogP contribution in [0.4, 0.5) is 4.39 Å². The van der Waals surface area contributed by atoms with Gasteiger partial charge in [0.15, 0.2) is 10.8 Å². The third kappa shape index (κ3) is 3.36. The zero-order chi connectivity index (χ0) is 18.1. The first-order valence-corrected chi connectivity index (χ1v) is 9.08. The summed E-state index contributed by atoms with van der Waals surface area (Å²) >= 11 is 7.30. The summed E-state index contributed by atoms with van der Waals surface area (Å²) in [6.45, 7) is 0. The summed E-state index contributed by atoms with van der Waals surface area (Å²) in [6.07, 6.45) is 1.61. The molecule has 0 aliphatic heterocycles. The van der Waals surface area contributed by atoms with Gasteiger partial charge in [0.1, 0.15) is 5.82 Å². The summed E-state index contributed by atoms with van der Waals surface area (Å²) in [5.74, 6) is 0.280. The molecule has 4 rings (SSSR count). The van der Waals surface area contributed by atoms with Gasteiger partial charge in [-0.2, -0.15) is 9.61 Å². The van der Waals surface area contributed by atoms with Crippen molar-refractivity contribution in [2.24, 2.45) is 0 Å². The van der Waals surface area contributed by atoms with E-state index in [2.05, 4.69) is 15.1 Å². The lowest BCUT2D eigenvalue weighted by atomic mass is 10.1. The van der Waals surface area contributed by atoms with E-state index in [0.29, 0.717) is 21.6 Å². The molecule has 4 aromatic rings. The SMILES string of the molecule is O=c1[nH]c(SCc2ccc(F)cc2)nc2c(-c3ccc(Cl)cc3)cnn12. The summed E-state index contributed by atoms with van der Waals surface area (Å²) in [6, 6.07) is 13.5. The van der Waals surface area contributed by atoms with Crippen LogP contribution in [-0.4, -0.2) is 19.6 Å². The molecule has 0 aliphatic rings. The summed E-state index contributed by atoms with van der Waals surface area (Å²) in [7, 11) is 0. The predicted molar refractivity (Wildman–Crippen MR) is 100 cm³/mol. The van der Waals surface area contributed by atoms with Crippen LogP contribution in [0.2, 0.25) is 5.02 Å². The van der Waals surface area contributed by atoms with Crippen LogP contribution in [0, 0.1) is 5.82 Å². The largest absolute Gasteiger partial charge is 0.350 e. The molecule has 5 nitrogen and oxygen atoms in total. The monoisotopic (exact) mass is 386 g/mol. The summed E-state index contributed by atoms with van der Waals surface area (Å²) in [5, 5.41) is 5.22. The third-order valence-electron chi connectivity index (χ3n) is 3.80. The van der Waals surface area contributed by atoms with E-state index in [1.54, 1.807) is 30.5 Å². The Kier molecular flexibility index (Phi) is 4.48. The van der Waals surface area contributed by atoms with Crippen molar-refractivity contribution in [2.75, 3.05) is 0 Å². The minimum Gasteiger partial charge on any atom is -0.285 e. The van der Waals surface area contributed by atoms with Crippen LogP contribution in [0.5, 0.6) is 0 Å². The number of H-pyrrole nitrogens is 1. The van der Waals surface area contributed by atoms with E-state index in [1.807, 2.05) is 12.1 Å². The number of nitrogens with one attached hydrogen (secondary N) is 1. The molecule has 0 radical (unpaired) electrons. The molecule has 0 saturated heterocycles.